The molecule has 1 unspecified atom stereocenters. The molecule has 3 N–H and O–H groups in total. The average molecular weight is 317 g/mol. The quantitative estimate of drug-likeness (QED) is 0.694. The Labute approximate surface area is 112 Å². The summed E-state index contributed by atoms with van der Waals surface area (Å²) in [5.41, 5.74) is 1.76. The molecule has 0 aliphatic heterocycles. The fourth-order valence-electron chi connectivity index (χ4n) is 1.58. The monoisotopic (exact) mass is 316 g/mol. The van der Waals surface area contributed by atoms with Crippen LogP contribution in [0.25, 0.3) is 0 Å². The molecule has 0 saturated carbocycles. The van der Waals surface area contributed by atoms with Crippen LogP contribution in [0.3, 0.4) is 0 Å². The third kappa shape index (κ3) is 3.82. The Morgan fingerprint density at radius 1 is 1.28 bits per heavy atom. The molecule has 0 amide bonds. The predicted octanol–water partition coefficient (Wildman–Crippen LogP) is 1.72. The van der Waals surface area contributed by atoms with Crippen molar-refractivity contribution in [2.45, 2.75) is 24.3 Å². The number of benzene rings is 1. The summed E-state index contributed by atoms with van der Waals surface area (Å²) in [6.45, 7) is 0. The number of carboxylic acid groups (broad SMARTS) is 2. The van der Waals surface area contributed by atoms with E-state index in [0.29, 0.717) is 22.9 Å². The largest absolute Gasteiger partial charge is 0.481 e. The van der Waals surface area contributed by atoms with Gasteiger partial charge in [0.25, 0.3) is 0 Å². The summed E-state index contributed by atoms with van der Waals surface area (Å²) in [7, 11) is 0. The molecule has 5 nitrogen and oxygen atoms in total. The number of aryl methyl sites for hydroxylation is 1. The Morgan fingerprint density at radius 2 is 1.94 bits per heavy atom. The second kappa shape index (κ2) is 6.51. The second-order valence-corrected chi connectivity index (χ2v) is 4.36. The van der Waals surface area contributed by atoms with Crippen molar-refractivity contribution in [3.05, 3.63) is 34.9 Å². The summed E-state index contributed by atoms with van der Waals surface area (Å²) < 4.78 is 0. The summed E-state index contributed by atoms with van der Waals surface area (Å²) in [6, 6.07) is 4.86. The van der Waals surface area contributed by atoms with Gasteiger partial charge in [-0.15, -0.1) is 0 Å². The summed E-state index contributed by atoms with van der Waals surface area (Å²) in [4.78, 5) is 21.2. The van der Waals surface area contributed by atoms with Gasteiger partial charge in [-0.3, -0.25) is 4.79 Å². The highest BCUT2D eigenvalue weighted by atomic mass is 79.9. The minimum Gasteiger partial charge on any atom is -0.481 e. The van der Waals surface area contributed by atoms with Gasteiger partial charge in [0.2, 0.25) is 0 Å². The first-order chi connectivity index (χ1) is 8.45. The van der Waals surface area contributed by atoms with Gasteiger partial charge < -0.3 is 15.3 Å². The van der Waals surface area contributed by atoms with Gasteiger partial charge in [0, 0.05) is 11.8 Å². The first-order valence-electron chi connectivity index (χ1n) is 5.26. The Balaban J connectivity index is 2.96. The average Bonchev–Trinajstić information content (AvgIpc) is 2.34. The molecule has 18 heavy (non-hydrogen) atoms. The lowest BCUT2D eigenvalue weighted by molar-refractivity contribution is -0.147. The minimum atomic E-state index is -1.56. The van der Waals surface area contributed by atoms with E-state index in [-0.39, 0.29) is 6.42 Å². The van der Waals surface area contributed by atoms with Gasteiger partial charge in [-0.05, 0) is 23.1 Å². The third-order valence-electron chi connectivity index (χ3n) is 2.51. The van der Waals surface area contributed by atoms with Crippen LogP contribution in [0.2, 0.25) is 0 Å². The molecule has 0 radical (unpaired) electrons. The van der Waals surface area contributed by atoms with Crippen LogP contribution < -0.4 is 0 Å². The second-order valence-electron chi connectivity index (χ2n) is 3.80. The molecule has 0 saturated heterocycles. The normalized spacial score (nSPS) is 12.1. The van der Waals surface area contributed by atoms with Crippen LogP contribution in [0.5, 0.6) is 0 Å². The molecule has 0 bridgehead atoms. The number of aliphatic carboxylic acids is 2. The molecule has 6 heteroatoms. The van der Waals surface area contributed by atoms with E-state index < -0.39 is 18.0 Å². The molecule has 0 fully saturated rings. The number of rotatable bonds is 6. The maximum atomic E-state index is 10.7. The van der Waals surface area contributed by atoms with Crippen molar-refractivity contribution in [1.82, 2.24) is 0 Å². The Hall–Kier alpha value is -1.40. The highest BCUT2D eigenvalue weighted by molar-refractivity contribution is 9.08. The number of hydrogen-bond donors (Lipinski definition) is 3. The molecule has 0 aromatic heterocycles. The highest BCUT2D eigenvalue weighted by Gasteiger charge is 2.19. The van der Waals surface area contributed by atoms with Crippen molar-refractivity contribution in [1.29, 1.82) is 0 Å². The Bertz CT molecular complexity index is 458. The molecule has 1 aromatic rings. The molecule has 1 aromatic carbocycles. The van der Waals surface area contributed by atoms with E-state index >= 15 is 0 Å². The van der Waals surface area contributed by atoms with Crippen molar-refractivity contribution < 1.29 is 24.9 Å². The molecule has 1 atom stereocenters. The van der Waals surface area contributed by atoms with Crippen LogP contribution in [0, 0.1) is 0 Å². The van der Waals surface area contributed by atoms with E-state index in [1.165, 1.54) is 6.07 Å². The van der Waals surface area contributed by atoms with Gasteiger partial charge >= 0.3 is 11.9 Å². The van der Waals surface area contributed by atoms with E-state index in [2.05, 4.69) is 15.9 Å². The van der Waals surface area contributed by atoms with E-state index in [4.69, 9.17) is 10.2 Å². The fourth-order valence-corrected chi connectivity index (χ4v) is 2.07. The SMILES string of the molecule is O=C(O)CCc1ccc(C(O)C(=O)O)c(CBr)c1. The van der Waals surface area contributed by atoms with Crippen LogP contribution in [0.1, 0.15) is 29.2 Å². The zero-order valence-corrected chi connectivity index (χ0v) is 11.1. The van der Waals surface area contributed by atoms with Crippen molar-refractivity contribution in [3.63, 3.8) is 0 Å². The Morgan fingerprint density at radius 3 is 2.44 bits per heavy atom. The minimum absolute atomic E-state index is 0.0164. The lowest BCUT2D eigenvalue weighted by Gasteiger charge is -2.12. The van der Waals surface area contributed by atoms with Gasteiger partial charge in [0.15, 0.2) is 6.10 Å². The molecule has 0 heterocycles. The van der Waals surface area contributed by atoms with Gasteiger partial charge in [-0.25, -0.2) is 4.79 Å². The van der Waals surface area contributed by atoms with Crippen LogP contribution in [-0.4, -0.2) is 27.3 Å². The van der Waals surface area contributed by atoms with Crippen molar-refractivity contribution in [2.24, 2.45) is 0 Å². The maximum absolute atomic E-state index is 10.7. The Kier molecular flexibility index (Phi) is 5.30. The number of halogens is 1. The molecule has 0 aliphatic carbocycles. The van der Waals surface area contributed by atoms with Crippen LogP contribution in [-0.2, 0) is 21.3 Å². The summed E-state index contributed by atoms with van der Waals surface area (Å²) in [5.74, 6) is -2.19. The smallest absolute Gasteiger partial charge is 0.337 e. The lowest BCUT2D eigenvalue weighted by atomic mass is 9.99. The van der Waals surface area contributed by atoms with Crippen molar-refractivity contribution in [3.8, 4) is 0 Å². The van der Waals surface area contributed by atoms with Gasteiger partial charge in [-0.2, -0.15) is 0 Å². The molecule has 1 rings (SSSR count). The van der Waals surface area contributed by atoms with Crippen molar-refractivity contribution in [2.75, 3.05) is 0 Å². The number of hydrogen-bond acceptors (Lipinski definition) is 3. The fraction of sp³-hybridized carbons (Fsp3) is 0.333. The molecule has 0 aliphatic rings. The lowest BCUT2D eigenvalue weighted by Crippen LogP contribution is -2.12. The van der Waals surface area contributed by atoms with E-state index in [1.54, 1.807) is 12.1 Å². The summed E-state index contributed by atoms with van der Waals surface area (Å²) in [6.07, 6.45) is -1.17. The van der Waals surface area contributed by atoms with Gasteiger partial charge in [-0.1, -0.05) is 34.1 Å². The summed E-state index contributed by atoms with van der Waals surface area (Å²) >= 11 is 3.22. The standard InChI is InChI=1S/C12H13BrO5/c13-6-8-5-7(2-4-10(14)15)1-3-9(8)11(16)12(17)18/h1,3,5,11,16H,2,4,6H2,(H,14,15)(H,17,18). The van der Waals surface area contributed by atoms with Crippen LogP contribution in [0.15, 0.2) is 18.2 Å². The number of carbonyl (C=O) groups is 2. The first kappa shape index (κ1) is 14.7. The topological polar surface area (TPSA) is 94.8 Å². The van der Waals surface area contributed by atoms with E-state index in [9.17, 15) is 14.7 Å². The van der Waals surface area contributed by atoms with Crippen molar-refractivity contribution >= 4 is 27.9 Å². The number of aliphatic hydroxyl groups is 1. The molecule has 98 valence electrons. The molecular formula is C12H13BrO5. The van der Waals surface area contributed by atoms with E-state index in [1.807, 2.05) is 0 Å². The zero-order chi connectivity index (χ0) is 13.7. The van der Waals surface area contributed by atoms with E-state index in [0.717, 1.165) is 5.56 Å². The van der Waals surface area contributed by atoms with Gasteiger partial charge in [0.05, 0.1) is 0 Å². The number of carboxylic acids is 2. The predicted molar refractivity (Wildman–Crippen MR) is 67.6 cm³/mol. The zero-order valence-electron chi connectivity index (χ0n) is 9.47. The third-order valence-corrected chi connectivity index (χ3v) is 3.11. The van der Waals surface area contributed by atoms with Crippen LogP contribution >= 0.6 is 15.9 Å². The number of alkyl halides is 1. The molecule has 0 spiro atoms. The maximum Gasteiger partial charge on any atom is 0.337 e. The number of aliphatic hydroxyl groups excluding tert-OH is 1. The first-order valence-corrected chi connectivity index (χ1v) is 6.38. The van der Waals surface area contributed by atoms with Crippen LogP contribution in [0.4, 0.5) is 0 Å². The van der Waals surface area contributed by atoms with Gasteiger partial charge in [0.1, 0.15) is 0 Å². The highest BCUT2D eigenvalue weighted by Crippen LogP contribution is 2.23. The molecular weight excluding hydrogens is 304 g/mol. The summed E-state index contributed by atoms with van der Waals surface area (Å²) in [5, 5.41) is 27.2.